The monoisotopic (exact) mass is 392 g/mol. The molecule has 154 valence electrons. The van der Waals surface area contributed by atoms with Crippen LogP contribution in [0.15, 0.2) is 18.2 Å². The number of benzene rings is 1. The van der Waals surface area contributed by atoms with Crippen molar-refractivity contribution in [2.24, 2.45) is 0 Å². The summed E-state index contributed by atoms with van der Waals surface area (Å²) in [6, 6.07) is 5.06. The number of amides is 2. The first-order valence-corrected chi connectivity index (χ1v) is 9.23. The minimum Gasteiger partial charge on any atom is -0.478 e. The first-order valence-electron chi connectivity index (χ1n) is 9.23. The highest BCUT2D eigenvalue weighted by atomic mass is 16.5. The molecule has 28 heavy (non-hydrogen) atoms. The molecule has 0 aromatic heterocycles. The number of hydrogen-bond donors (Lipinski definition) is 3. The van der Waals surface area contributed by atoms with Gasteiger partial charge in [0.25, 0.3) is 0 Å². The molecule has 9 nitrogen and oxygen atoms in total. The summed E-state index contributed by atoms with van der Waals surface area (Å²) < 4.78 is 4.75. The third kappa shape index (κ3) is 6.21. The molecule has 0 aliphatic carbocycles. The second-order valence-electron chi connectivity index (χ2n) is 7.00. The van der Waals surface area contributed by atoms with E-state index in [0.29, 0.717) is 32.7 Å². The molecule has 2 rings (SSSR count). The maximum absolute atomic E-state index is 11.9. The molecule has 0 saturated carbocycles. The molecule has 1 saturated heterocycles. The van der Waals surface area contributed by atoms with Crippen LogP contribution < -0.4 is 15.5 Å². The number of carbonyl (C=O) groups excluding carboxylic acids is 2. The Morgan fingerprint density at radius 1 is 1.14 bits per heavy atom. The molecule has 3 N–H and O–H groups in total. The van der Waals surface area contributed by atoms with Crippen LogP contribution in [-0.2, 0) is 14.3 Å². The lowest BCUT2D eigenvalue weighted by Gasteiger charge is -2.36. The molecule has 0 spiro atoms. The smallest absolute Gasteiger partial charge is 0.337 e. The van der Waals surface area contributed by atoms with Gasteiger partial charge in [-0.15, -0.1) is 0 Å². The van der Waals surface area contributed by atoms with Gasteiger partial charge in [-0.25, -0.2) is 4.79 Å². The fourth-order valence-electron chi connectivity index (χ4n) is 3.07. The average molecular weight is 392 g/mol. The molecule has 0 bridgehead atoms. The van der Waals surface area contributed by atoms with Gasteiger partial charge in [0.1, 0.15) is 6.61 Å². The minimum absolute atomic E-state index is 0.00719. The van der Waals surface area contributed by atoms with Crippen LogP contribution in [0.5, 0.6) is 0 Å². The molecule has 1 fully saturated rings. The Labute approximate surface area is 164 Å². The van der Waals surface area contributed by atoms with Crippen LogP contribution in [0, 0.1) is 0 Å². The van der Waals surface area contributed by atoms with Crippen molar-refractivity contribution < 1.29 is 24.2 Å². The van der Waals surface area contributed by atoms with Gasteiger partial charge in [-0.1, -0.05) is 0 Å². The molecular formula is C19H28N4O5. The number of ether oxygens (including phenoxy) is 1. The van der Waals surface area contributed by atoms with Gasteiger partial charge >= 0.3 is 5.97 Å². The number of piperazine rings is 1. The first kappa shape index (κ1) is 21.6. The Balaban J connectivity index is 2.00. The van der Waals surface area contributed by atoms with Crippen LogP contribution in [0.1, 0.15) is 24.2 Å². The van der Waals surface area contributed by atoms with Crippen LogP contribution in [-0.4, -0.2) is 80.3 Å². The van der Waals surface area contributed by atoms with Crippen molar-refractivity contribution in [2.45, 2.75) is 19.9 Å². The van der Waals surface area contributed by atoms with E-state index in [1.165, 1.54) is 7.11 Å². The highest BCUT2D eigenvalue weighted by Crippen LogP contribution is 2.24. The number of carboxylic acids is 1. The molecule has 1 aromatic rings. The summed E-state index contributed by atoms with van der Waals surface area (Å²) in [4.78, 5) is 39.3. The van der Waals surface area contributed by atoms with E-state index < -0.39 is 11.9 Å². The Kier molecular flexibility index (Phi) is 7.77. The Bertz CT molecular complexity index is 714. The predicted octanol–water partition coefficient (Wildman–Crippen LogP) is 0.616. The van der Waals surface area contributed by atoms with E-state index in [4.69, 9.17) is 4.74 Å². The number of nitrogens with zero attached hydrogens (tertiary/aromatic N) is 2. The predicted molar refractivity (Wildman–Crippen MR) is 106 cm³/mol. The molecule has 0 unspecified atom stereocenters. The van der Waals surface area contributed by atoms with Crippen molar-refractivity contribution in [3.8, 4) is 0 Å². The number of aromatic carboxylic acids is 1. The van der Waals surface area contributed by atoms with Crippen LogP contribution in [0.4, 0.5) is 11.4 Å². The Morgan fingerprint density at radius 3 is 2.39 bits per heavy atom. The molecule has 0 atom stereocenters. The lowest BCUT2D eigenvalue weighted by atomic mass is 10.1. The zero-order valence-corrected chi connectivity index (χ0v) is 16.5. The highest BCUT2D eigenvalue weighted by Gasteiger charge is 2.21. The summed E-state index contributed by atoms with van der Waals surface area (Å²) in [7, 11) is 1.40. The van der Waals surface area contributed by atoms with Crippen molar-refractivity contribution >= 4 is 29.2 Å². The maximum atomic E-state index is 11.9. The van der Waals surface area contributed by atoms with Crippen LogP contribution in [0.25, 0.3) is 0 Å². The van der Waals surface area contributed by atoms with Gasteiger partial charge in [0.15, 0.2) is 0 Å². The molecule has 2 amide bonds. The summed E-state index contributed by atoms with van der Waals surface area (Å²) in [5.74, 6) is -1.52. The number of nitrogens with one attached hydrogen (secondary N) is 2. The van der Waals surface area contributed by atoms with E-state index in [9.17, 15) is 19.5 Å². The van der Waals surface area contributed by atoms with Gasteiger partial charge in [0.05, 0.1) is 17.8 Å². The lowest BCUT2D eigenvalue weighted by molar-refractivity contribution is -0.123. The molecule has 1 aromatic carbocycles. The van der Waals surface area contributed by atoms with Crippen LogP contribution in [0.2, 0.25) is 0 Å². The largest absolute Gasteiger partial charge is 0.478 e. The summed E-state index contributed by atoms with van der Waals surface area (Å²) in [6.45, 7) is 6.85. The normalized spacial score (nSPS) is 14.8. The van der Waals surface area contributed by atoms with Crippen molar-refractivity contribution in [3.63, 3.8) is 0 Å². The molecule has 1 aliphatic rings. The average Bonchev–Trinajstić information content (AvgIpc) is 2.62. The Morgan fingerprint density at radius 2 is 1.82 bits per heavy atom. The van der Waals surface area contributed by atoms with Crippen molar-refractivity contribution in [3.05, 3.63) is 23.8 Å². The third-order valence-corrected chi connectivity index (χ3v) is 4.34. The lowest BCUT2D eigenvalue weighted by Crippen LogP contribution is -2.50. The fourth-order valence-corrected chi connectivity index (χ4v) is 3.07. The topological polar surface area (TPSA) is 111 Å². The van der Waals surface area contributed by atoms with E-state index >= 15 is 0 Å². The van der Waals surface area contributed by atoms with E-state index in [1.807, 2.05) is 13.8 Å². The fraction of sp³-hybridized carbons (Fsp3) is 0.526. The highest BCUT2D eigenvalue weighted by molar-refractivity contribution is 6.01. The van der Waals surface area contributed by atoms with E-state index in [2.05, 4.69) is 20.4 Å². The summed E-state index contributed by atoms with van der Waals surface area (Å²) in [5, 5.41) is 14.9. The zero-order chi connectivity index (χ0) is 20.7. The third-order valence-electron chi connectivity index (χ3n) is 4.34. The first-order chi connectivity index (χ1) is 13.3. The van der Waals surface area contributed by atoms with Gasteiger partial charge in [0, 0.05) is 45.0 Å². The van der Waals surface area contributed by atoms with Gasteiger partial charge in [0.2, 0.25) is 11.8 Å². The minimum atomic E-state index is -1.11. The van der Waals surface area contributed by atoms with Gasteiger partial charge in [-0.05, 0) is 32.0 Å². The number of hydrogen-bond acceptors (Lipinski definition) is 6. The molecular weight excluding hydrogens is 364 g/mol. The van der Waals surface area contributed by atoms with Crippen molar-refractivity contribution in [2.75, 3.05) is 56.7 Å². The van der Waals surface area contributed by atoms with Gasteiger partial charge < -0.3 is 25.4 Å². The van der Waals surface area contributed by atoms with E-state index in [-0.39, 0.29) is 29.8 Å². The number of anilines is 2. The van der Waals surface area contributed by atoms with Crippen molar-refractivity contribution in [1.82, 2.24) is 10.2 Å². The number of rotatable bonds is 8. The van der Waals surface area contributed by atoms with Gasteiger partial charge in [-0.2, -0.15) is 0 Å². The Hall–Kier alpha value is -2.65. The molecule has 1 aliphatic heterocycles. The van der Waals surface area contributed by atoms with E-state index in [0.717, 1.165) is 5.69 Å². The molecule has 9 heteroatoms. The standard InChI is InChI=1S/C19H28N4O5/c1-13(2)20-17(24)11-22-6-8-23(9-7-22)14-4-5-16(15(10-14)19(26)27)21-18(25)12-28-3/h4-5,10,13H,6-9,11-12H2,1-3H3,(H,20,24)(H,21,25)(H,26,27). The molecule has 0 radical (unpaired) electrons. The van der Waals surface area contributed by atoms with Crippen molar-refractivity contribution in [1.29, 1.82) is 0 Å². The second kappa shape index (κ2) is 10.0. The second-order valence-corrected chi connectivity index (χ2v) is 7.00. The maximum Gasteiger partial charge on any atom is 0.337 e. The summed E-state index contributed by atoms with van der Waals surface area (Å²) in [6.07, 6.45) is 0. The van der Waals surface area contributed by atoms with Crippen LogP contribution in [0.3, 0.4) is 0 Å². The SMILES string of the molecule is COCC(=O)Nc1ccc(N2CCN(CC(=O)NC(C)C)CC2)cc1C(=O)O. The quantitative estimate of drug-likeness (QED) is 0.595. The van der Waals surface area contributed by atoms with Gasteiger partial charge in [-0.3, -0.25) is 14.5 Å². The molecule has 1 heterocycles. The summed E-state index contributed by atoms with van der Waals surface area (Å²) in [5.41, 5.74) is 1.04. The summed E-state index contributed by atoms with van der Waals surface area (Å²) >= 11 is 0. The number of methoxy groups -OCH3 is 1. The number of carbonyl (C=O) groups is 3. The zero-order valence-electron chi connectivity index (χ0n) is 16.5. The number of carboxylic acid groups (broad SMARTS) is 1. The van der Waals surface area contributed by atoms with E-state index in [1.54, 1.807) is 18.2 Å². The van der Waals surface area contributed by atoms with Crippen LogP contribution >= 0.6 is 0 Å².